The summed E-state index contributed by atoms with van der Waals surface area (Å²) in [5.41, 5.74) is -0.0430. The minimum atomic E-state index is -0.120. The summed E-state index contributed by atoms with van der Waals surface area (Å²) in [7, 11) is 1.70. The van der Waals surface area contributed by atoms with Crippen molar-refractivity contribution < 1.29 is 9.90 Å². The highest BCUT2D eigenvalue weighted by atomic mass is 16.3. The summed E-state index contributed by atoms with van der Waals surface area (Å²) in [6, 6.07) is -0.120. The van der Waals surface area contributed by atoms with Gasteiger partial charge >= 0.3 is 6.03 Å². The summed E-state index contributed by atoms with van der Waals surface area (Å²) in [5.74, 6) is 1.43. The van der Waals surface area contributed by atoms with Gasteiger partial charge < -0.3 is 15.3 Å². The number of amides is 2. The largest absolute Gasteiger partial charge is 0.395 e. The number of likely N-dealkylation sites (N-methyl/N-ethyl adjacent to an activating group) is 1. The summed E-state index contributed by atoms with van der Waals surface area (Å²) in [6.07, 6.45) is 1.29. The summed E-state index contributed by atoms with van der Waals surface area (Å²) in [5, 5.41) is 11.8. The zero-order valence-corrected chi connectivity index (χ0v) is 13.6. The lowest BCUT2D eigenvalue weighted by Crippen LogP contribution is -2.57. The minimum Gasteiger partial charge on any atom is -0.395 e. The molecule has 0 saturated carbocycles. The average Bonchev–Trinajstić information content (AvgIpc) is 2.35. The molecule has 1 heterocycles. The lowest BCUT2D eigenvalue weighted by Gasteiger charge is -2.45. The first-order chi connectivity index (χ1) is 9.26. The lowest BCUT2D eigenvalue weighted by molar-refractivity contribution is 0.0464. The Kier molecular flexibility index (Phi) is 6.27. The van der Waals surface area contributed by atoms with Crippen molar-refractivity contribution in [3.8, 4) is 0 Å². The zero-order chi connectivity index (χ0) is 15.3. The lowest BCUT2D eigenvalue weighted by atomic mass is 9.88. The highest BCUT2D eigenvalue weighted by Gasteiger charge is 2.33. The third kappa shape index (κ3) is 4.94. The SMILES string of the molecule is CC1CC(C)CN(C(C)(C)CNC(=O)N(C)CCO)C1. The second-order valence-corrected chi connectivity index (χ2v) is 6.97. The van der Waals surface area contributed by atoms with E-state index < -0.39 is 0 Å². The molecule has 0 spiro atoms. The fraction of sp³-hybridized carbons (Fsp3) is 0.933. The van der Waals surface area contributed by atoms with Crippen molar-refractivity contribution in [2.24, 2.45) is 11.8 Å². The molecule has 1 saturated heterocycles. The molecule has 5 heteroatoms. The maximum Gasteiger partial charge on any atom is 0.317 e. The molecule has 118 valence electrons. The number of nitrogens with one attached hydrogen (secondary N) is 1. The molecular formula is C15H31N3O2. The van der Waals surface area contributed by atoms with Crippen molar-refractivity contribution >= 4 is 6.03 Å². The van der Waals surface area contributed by atoms with E-state index >= 15 is 0 Å². The molecule has 1 aliphatic rings. The molecule has 0 aromatic rings. The number of aliphatic hydroxyl groups excluding tert-OH is 1. The number of carbonyl (C=O) groups is 1. The number of nitrogens with zero attached hydrogens (tertiary/aromatic N) is 2. The first-order valence-corrected chi connectivity index (χ1v) is 7.61. The van der Waals surface area contributed by atoms with E-state index in [2.05, 4.69) is 37.9 Å². The van der Waals surface area contributed by atoms with Crippen molar-refractivity contribution in [1.29, 1.82) is 0 Å². The number of urea groups is 1. The number of hydrogen-bond acceptors (Lipinski definition) is 3. The Bertz CT molecular complexity index is 310. The molecule has 20 heavy (non-hydrogen) atoms. The summed E-state index contributed by atoms with van der Waals surface area (Å²) < 4.78 is 0. The molecule has 0 aromatic heterocycles. The van der Waals surface area contributed by atoms with E-state index in [-0.39, 0.29) is 18.2 Å². The van der Waals surface area contributed by atoms with Gasteiger partial charge in [-0.25, -0.2) is 4.79 Å². The Morgan fingerprint density at radius 2 is 1.90 bits per heavy atom. The second kappa shape index (κ2) is 7.27. The monoisotopic (exact) mass is 285 g/mol. The highest BCUT2D eigenvalue weighted by Crippen LogP contribution is 2.26. The van der Waals surface area contributed by atoms with Crippen LogP contribution in [0.2, 0.25) is 0 Å². The molecule has 1 rings (SSSR count). The smallest absolute Gasteiger partial charge is 0.317 e. The number of aliphatic hydroxyl groups is 1. The van der Waals surface area contributed by atoms with Crippen molar-refractivity contribution in [2.45, 2.75) is 39.7 Å². The van der Waals surface area contributed by atoms with Gasteiger partial charge in [0.05, 0.1) is 6.61 Å². The van der Waals surface area contributed by atoms with Crippen molar-refractivity contribution in [2.75, 3.05) is 39.8 Å². The number of rotatable bonds is 5. The predicted octanol–water partition coefficient (Wildman–Crippen LogP) is 1.38. The molecular weight excluding hydrogens is 254 g/mol. The van der Waals surface area contributed by atoms with Crippen molar-refractivity contribution in [3.63, 3.8) is 0 Å². The van der Waals surface area contributed by atoms with Gasteiger partial charge in [0.25, 0.3) is 0 Å². The van der Waals surface area contributed by atoms with Gasteiger partial charge in [-0.1, -0.05) is 13.8 Å². The molecule has 0 aliphatic carbocycles. The molecule has 5 nitrogen and oxygen atoms in total. The van der Waals surface area contributed by atoms with Gasteiger partial charge in [0.2, 0.25) is 0 Å². The summed E-state index contributed by atoms with van der Waals surface area (Å²) in [6.45, 7) is 12.1. The number of likely N-dealkylation sites (tertiary alicyclic amines) is 1. The first-order valence-electron chi connectivity index (χ1n) is 7.61. The molecule has 0 aromatic carbocycles. The number of piperidine rings is 1. The minimum absolute atomic E-state index is 0.00549. The van der Waals surface area contributed by atoms with Crippen LogP contribution in [0.4, 0.5) is 4.79 Å². The van der Waals surface area contributed by atoms with Crippen molar-refractivity contribution in [3.05, 3.63) is 0 Å². The van der Waals surface area contributed by atoms with Crippen LogP contribution in [0.5, 0.6) is 0 Å². The zero-order valence-electron chi connectivity index (χ0n) is 13.6. The van der Waals surface area contributed by atoms with Crippen LogP contribution in [0.3, 0.4) is 0 Å². The van der Waals surface area contributed by atoms with E-state index in [0.717, 1.165) is 13.1 Å². The van der Waals surface area contributed by atoms with E-state index in [1.54, 1.807) is 7.05 Å². The van der Waals surface area contributed by atoms with Gasteiger partial charge in [-0.15, -0.1) is 0 Å². The molecule has 2 N–H and O–H groups in total. The van der Waals surface area contributed by atoms with Crippen LogP contribution in [0.15, 0.2) is 0 Å². The molecule has 2 amide bonds. The molecule has 2 unspecified atom stereocenters. The van der Waals surface area contributed by atoms with E-state index in [9.17, 15) is 4.79 Å². The maximum atomic E-state index is 11.9. The van der Waals surface area contributed by atoms with Gasteiger partial charge in [0, 0.05) is 38.8 Å². The van der Waals surface area contributed by atoms with Gasteiger partial charge in [0.15, 0.2) is 0 Å². The van der Waals surface area contributed by atoms with Crippen LogP contribution in [-0.2, 0) is 0 Å². The highest BCUT2D eigenvalue weighted by molar-refractivity contribution is 5.73. The Balaban J connectivity index is 2.50. The van der Waals surface area contributed by atoms with E-state index in [1.165, 1.54) is 11.3 Å². The molecule has 1 fully saturated rings. The van der Waals surface area contributed by atoms with Gasteiger partial charge in [-0.2, -0.15) is 0 Å². The normalized spacial score (nSPS) is 24.5. The van der Waals surface area contributed by atoms with E-state index in [1.807, 2.05) is 0 Å². The summed E-state index contributed by atoms with van der Waals surface area (Å²) in [4.78, 5) is 15.9. The Morgan fingerprint density at radius 3 is 2.40 bits per heavy atom. The van der Waals surface area contributed by atoms with Gasteiger partial charge in [-0.05, 0) is 32.1 Å². The maximum absolute atomic E-state index is 11.9. The van der Waals surface area contributed by atoms with Crippen molar-refractivity contribution in [1.82, 2.24) is 15.1 Å². The Hall–Kier alpha value is -0.810. The fourth-order valence-corrected chi connectivity index (χ4v) is 2.95. The van der Waals surface area contributed by atoms with Crippen LogP contribution in [0, 0.1) is 11.8 Å². The van der Waals surface area contributed by atoms with Crippen LogP contribution >= 0.6 is 0 Å². The van der Waals surface area contributed by atoms with Crippen LogP contribution in [-0.4, -0.2) is 66.3 Å². The topological polar surface area (TPSA) is 55.8 Å². The van der Waals surface area contributed by atoms with Crippen LogP contribution in [0.25, 0.3) is 0 Å². The summed E-state index contributed by atoms with van der Waals surface area (Å²) >= 11 is 0. The second-order valence-electron chi connectivity index (χ2n) is 6.97. The molecule has 0 bridgehead atoms. The third-order valence-corrected chi connectivity index (χ3v) is 4.18. The number of hydrogen-bond donors (Lipinski definition) is 2. The standard InChI is InChI=1S/C15H31N3O2/c1-12-8-13(2)10-18(9-12)15(3,4)11-16-14(20)17(5)6-7-19/h12-13,19H,6-11H2,1-5H3,(H,16,20). The van der Waals surface area contributed by atoms with E-state index in [4.69, 9.17) is 5.11 Å². The Morgan fingerprint density at radius 1 is 1.35 bits per heavy atom. The van der Waals surface area contributed by atoms with Crippen LogP contribution in [0.1, 0.15) is 34.1 Å². The Labute approximate surface area is 123 Å². The molecule has 0 radical (unpaired) electrons. The van der Waals surface area contributed by atoms with Gasteiger partial charge in [-0.3, -0.25) is 4.90 Å². The predicted molar refractivity (Wildman–Crippen MR) is 81.7 cm³/mol. The van der Waals surface area contributed by atoms with Gasteiger partial charge in [0.1, 0.15) is 0 Å². The number of carbonyl (C=O) groups excluding carboxylic acids is 1. The van der Waals surface area contributed by atoms with E-state index in [0.29, 0.717) is 24.9 Å². The third-order valence-electron chi connectivity index (χ3n) is 4.18. The fourth-order valence-electron chi connectivity index (χ4n) is 2.95. The first kappa shape index (κ1) is 17.2. The quantitative estimate of drug-likeness (QED) is 0.802. The average molecular weight is 285 g/mol. The molecule has 2 atom stereocenters. The molecule has 1 aliphatic heterocycles. The van der Waals surface area contributed by atoms with Crippen LogP contribution < -0.4 is 5.32 Å².